The highest BCUT2D eigenvalue weighted by atomic mass is 32.2. The Morgan fingerprint density at radius 2 is 1.56 bits per heavy atom. The maximum Gasteiger partial charge on any atom is 0.221 e. The Morgan fingerprint density at radius 1 is 0.889 bits per heavy atom. The number of carbonyl (C=O) groups excluding carboxylic acids is 1. The van der Waals surface area contributed by atoms with Crippen molar-refractivity contribution in [2.24, 2.45) is 0 Å². The lowest BCUT2D eigenvalue weighted by Crippen LogP contribution is -2.30. The van der Waals surface area contributed by atoms with Crippen LogP contribution in [0.3, 0.4) is 0 Å². The summed E-state index contributed by atoms with van der Waals surface area (Å²) in [6, 6.07) is 26.7. The molecule has 0 unspecified atom stereocenters. The molecule has 0 heterocycles. The van der Waals surface area contributed by atoms with E-state index in [2.05, 4.69) is 67.7 Å². The van der Waals surface area contributed by atoms with E-state index in [1.54, 1.807) is 11.8 Å². The molecule has 0 radical (unpaired) electrons. The van der Waals surface area contributed by atoms with Crippen molar-refractivity contribution in [2.75, 3.05) is 5.75 Å². The minimum atomic E-state index is -0.121. The number of nitrogens with one attached hydrogen (secondary N) is 1. The minimum Gasteiger partial charge on any atom is -0.345 e. The Kier molecular flexibility index (Phi) is 6.72. The maximum atomic E-state index is 12.6. The van der Waals surface area contributed by atoms with Gasteiger partial charge in [-0.15, -0.1) is 11.8 Å². The number of thioether (sulfide) groups is 1. The van der Waals surface area contributed by atoms with E-state index in [1.165, 1.54) is 16.0 Å². The Labute approximate surface area is 166 Å². The SMILES string of the molecule is Cc1ccc(SCCC(=O)N[C@H](c2ccccc2)c2ccccc2C)cc1. The second-order valence-corrected chi connectivity index (χ2v) is 7.85. The van der Waals surface area contributed by atoms with Crippen molar-refractivity contribution in [3.05, 3.63) is 101 Å². The standard InChI is InChI=1S/C24H25NOS/c1-18-12-14-21(15-13-18)27-17-16-23(26)25-24(20-9-4-3-5-10-20)22-11-7-6-8-19(22)2/h3-15,24H,16-17H2,1-2H3,(H,25,26)/t24-/m1/s1. The van der Waals surface area contributed by atoms with E-state index in [0.717, 1.165) is 16.9 Å². The van der Waals surface area contributed by atoms with Gasteiger partial charge in [0.15, 0.2) is 0 Å². The Morgan fingerprint density at radius 3 is 2.26 bits per heavy atom. The zero-order valence-electron chi connectivity index (χ0n) is 15.8. The van der Waals surface area contributed by atoms with Crippen molar-refractivity contribution in [3.63, 3.8) is 0 Å². The summed E-state index contributed by atoms with van der Waals surface area (Å²) in [5.41, 5.74) is 4.68. The van der Waals surface area contributed by atoms with Crippen molar-refractivity contribution >= 4 is 17.7 Å². The number of amides is 1. The topological polar surface area (TPSA) is 29.1 Å². The summed E-state index contributed by atoms with van der Waals surface area (Å²) in [5, 5.41) is 3.23. The molecule has 3 aromatic carbocycles. The summed E-state index contributed by atoms with van der Waals surface area (Å²) in [4.78, 5) is 13.8. The van der Waals surface area contributed by atoms with Crippen molar-refractivity contribution in [3.8, 4) is 0 Å². The number of aryl methyl sites for hydroxylation is 2. The highest BCUT2D eigenvalue weighted by Crippen LogP contribution is 2.25. The van der Waals surface area contributed by atoms with Crippen LogP contribution in [0.25, 0.3) is 0 Å². The highest BCUT2D eigenvalue weighted by molar-refractivity contribution is 7.99. The fourth-order valence-electron chi connectivity index (χ4n) is 3.03. The largest absolute Gasteiger partial charge is 0.345 e. The molecule has 0 aliphatic carbocycles. The summed E-state index contributed by atoms with van der Waals surface area (Å²) in [7, 11) is 0. The third kappa shape index (κ3) is 5.48. The van der Waals surface area contributed by atoms with Gasteiger partial charge in [-0.3, -0.25) is 4.79 Å². The van der Waals surface area contributed by atoms with Crippen LogP contribution in [0.5, 0.6) is 0 Å². The number of hydrogen-bond acceptors (Lipinski definition) is 2. The van der Waals surface area contributed by atoms with Crippen LogP contribution in [0.15, 0.2) is 83.8 Å². The van der Waals surface area contributed by atoms with E-state index in [4.69, 9.17) is 0 Å². The zero-order chi connectivity index (χ0) is 19.1. The molecule has 1 N–H and O–H groups in total. The fraction of sp³-hybridized carbons (Fsp3) is 0.208. The lowest BCUT2D eigenvalue weighted by atomic mass is 9.95. The molecule has 27 heavy (non-hydrogen) atoms. The fourth-order valence-corrected chi connectivity index (χ4v) is 3.88. The summed E-state index contributed by atoms with van der Waals surface area (Å²) < 4.78 is 0. The predicted octanol–water partition coefficient (Wildman–Crippen LogP) is 5.69. The second kappa shape index (κ2) is 9.43. The first-order valence-electron chi connectivity index (χ1n) is 9.23. The zero-order valence-corrected chi connectivity index (χ0v) is 16.6. The van der Waals surface area contributed by atoms with E-state index >= 15 is 0 Å². The van der Waals surface area contributed by atoms with Crippen LogP contribution >= 0.6 is 11.8 Å². The normalized spacial score (nSPS) is 11.8. The molecule has 1 amide bonds. The van der Waals surface area contributed by atoms with Crippen molar-refractivity contribution in [1.82, 2.24) is 5.32 Å². The molecule has 0 saturated carbocycles. The molecule has 0 aromatic heterocycles. The van der Waals surface area contributed by atoms with Gasteiger partial charge in [0.1, 0.15) is 0 Å². The van der Waals surface area contributed by atoms with Gasteiger partial charge in [0.25, 0.3) is 0 Å². The van der Waals surface area contributed by atoms with E-state index in [9.17, 15) is 4.79 Å². The predicted molar refractivity (Wildman–Crippen MR) is 114 cm³/mol. The van der Waals surface area contributed by atoms with Gasteiger partial charge in [0, 0.05) is 17.1 Å². The molecule has 0 aliphatic rings. The summed E-state index contributed by atoms with van der Waals surface area (Å²) in [5.74, 6) is 0.844. The van der Waals surface area contributed by atoms with Crippen LogP contribution in [-0.2, 0) is 4.79 Å². The molecule has 138 valence electrons. The molecule has 2 nitrogen and oxygen atoms in total. The molecule has 0 aliphatic heterocycles. The monoisotopic (exact) mass is 375 g/mol. The number of hydrogen-bond donors (Lipinski definition) is 1. The second-order valence-electron chi connectivity index (χ2n) is 6.68. The van der Waals surface area contributed by atoms with Crippen LogP contribution in [0.1, 0.15) is 34.7 Å². The average Bonchev–Trinajstić information content (AvgIpc) is 2.69. The van der Waals surface area contributed by atoms with E-state index < -0.39 is 0 Å². The van der Waals surface area contributed by atoms with Crippen LogP contribution in [0, 0.1) is 13.8 Å². The summed E-state index contributed by atoms with van der Waals surface area (Å²) in [6.07, 6.45) is 0.494. The Balaban J connectivity index is 1.66. The van der Waals surface area contributed by atoms with Crippen LogP contribution in [0.4, 0.5) is 0 Å². The van der Waals surface area contributed by atoms with Gasteiger partial charge in [-0.2, -0.15) is 0 Å². The highest BCUT2D eigenvalue weighted by Gasteiger charge is 2.18. The lowest BCUT2D eigenvalue weighted by Gasteiger charge is -2.21. The smallest absolute Gasteiger partial charge is 0.221 e. The average molecular weight is 376 g/mol. The molecule has 0 bridgehead atoms. The van der Waals surface area contributed by atoms with Gasteiger partial charge in [-0.25, -0.2) is 0 Å². The molecule has 0 spiro atoms. The lowest BCUT2D eigenvalue weighted by molar-refractivity contribution is -0.121. The van der Waals surface area contributed by atoms with Crippen molar-refractivity contribution in [1.29, 1.82) is 0 Å². The van der Waals surface area contributed by atoms with Gasteiger partial charge in [-0.05, 0) is 42.7 Å². The number of benzene rings is 3. The van der Waals surface area contributed by atoms with Crippen molar-refractivity contribution < 1.29 is 4.79 Å². The quantitative estimate of drug-likeness (QED) is 0.537. The molecular weight excluding hydrogens is 350 g/mol. The first-order chi connectivity index (χ1) is 13.1. The number of rotatable bonds is 7. The molecule has 0 fully saturated rings. The molecule has 1 atom stereocenters. The van der Waals surface area contributed by atoms with Crippen LogP contribution in [-0.4, -0.2) is 11.7 Å². The van der Waals surface area contributed by atoms with Gasteiger partial charge in [-0.1, -0.05) is 72.3 Å². The van der Waals surface area contributed by atoms with E-state index in [1.807, 2.05) is 30.3 Å². The first-order valence-corrected chi connectivity index (χ1v) is 10.2. The van der Waals surface area contributed by atoms with E-state index in [0.29, 0.717) is 6.42 Å². The van der Waals surface area contributed by atoms with Crippen LogP contribution < -0.4 is 5.32 Å². The Hall–Kier alpha value is -2.52. The van der Waals surface area contributed by atoms with Gasteiger partial charge < -0.3 is 5.32 Å². The molecule has 3 heteroatoms. The van der Waals surface area contributed by atoms with Gasteiger partial charge in [0.2, 0.25) is 5.91 Å². The van der Waals surface area contributed by atoms with Gasteiger partial charge >= 0.3 is 0 Å². The maximum absolute atomic E-state index is 12.6. The third-order valence-electron chi connectivity index (χ3n) is 4.56. The first kappa shape index (κ1) is 19.2. The molecule has 3 rings (SSSR count). The summed E-state index contributed by atoms with van der Waals surface area (Å²) >= 11 is 1.72. The molecule has 0 saturated heterocycles. The third-order valence-corrected chi connectivity index (χ3v) is 5.57. The minimum absolute atomic E-state index is 0.0757. The van der Waals surface area contributed by atoms with Crippen molar-refractivity contribution in [2.45, 2.75) is 31.2 Å². The Bertz CT molecular complexity index is 874. The molecule has 3 aromatic rings. The summed E-state index contributed by atoms with van der Waals surface area (Å²) in [6.45, 7) is 4.17. The van der Waals surface area contributed by atoms with Crippen LogP contribution in [0.2, 0.25) is 0 Å². The molecular formula is C24H25NOS. The van der Waals surface area contributed by atoms with Gasteiger partial charge in [0.05, 0.1) is 6.04 Å². The van der Waals surface area contributed by atoms with E-state index in [-0.39, 0.29) is 11.9 Å². The number of carbonyl (C=O) groups is 1.